The maximum atomic E-state index is 12.9. The number of amides is 2. The van der Waals surface area contributed by atoms with Gasteiger partial charge >= 0.3 is 0 Å². The Hall–Kier alpha value is -2.45. The lowest BCUT2D eigenvalue weighted by molar-refractivity contribution is -0.198. The molecule has 0 bridgehead atoms. The van der Waals surface area contributed by atoms with Crippen LogP contribution in [0.1, 0.15) is 69.8 Å². The zero-order chi connectivity index (χ0) is 22.9. The second-order valence-electron chi connectivity index (χ2n) is 9.29. The first-order valence-corrected chi connectivity index (χ1v) is 12.4. The topological polar surface area (TPSA) is 92.8 Å². The molecule has 2 atom stereocenters. The highest BCUT2D eigenvalue weighted by atomic mass is 16.8. The number of likely N-dealkylation sites (tertiary alicyclic amines) is 1. The second kappa shape index (κ2) is 12.1. The Labute approximate surface area is 196 Å². The minimum absolute atomic E-state index is 0.213. The summed E-state index contributed by atoms with van der Waals surface area (Å²) in [6.45, 7) is 2.27. The zero-order valence-electron chi connectivity index (χ0n) is 19.3. The summed E-state index contributed by atoms with van der Waals surface area (Å²) in [4.78, 5) is 36.6. The molecule has 33 heavy (non-hydrogen) atoms. The number of anilines is 1. The molecule has 0 spiro atoms. The normalized spacial score (nSPS) is 24.5. The Kier molecular flexibility index (Phi) is 8.72. The van der Waals surface area contributed by atoms with Crippen LogP contribution in [0.25, 0.3) is 6.08 Å². The van der Waals surface area contributed by atoms with E-state index in [0.717, 1.165) is 69.4 Å². The summed E-state index contributed by atoms with van der Waals surface area (Å²) in [5, 5.41) is 3.48. The van der Waals surface area contributed by atoms with Gasteiger partial charge in [-0.2, -0.15) is 0 Å². The third kappa shape index (κ3) is 7.27. The summed E-state index contributed by atoms with van der Waals surface area (Å²) in [5.41, 5.74) is 3.23. The van der Waals surface area contributed by atoms with Crippen molar-refractivity contribution in [2.75, 3.05) is 25.0 Å². The second-order valence-corrected chi connectivity index (χ2v) is 9.29. The molecule has 0 aromatic carbocycles. The Balaban J connectivity index is 1.22. The van der Waals surface area contributed by atoms with E-state index in [2.05, 4.69) is 15.8 Å². The lowest BCUT2D eigenvalue weighted by atomic mass is 9.87. The largest absolute Gasteiger partial charge is 0.366 e. The fourth-order valence-electron chi connectivity index (χ4n) is 4.84. The molecule has 2 amide bonds. The Bertz CT molecular complexity index is 801. The van der Waals surface area contributed by atoms with Gasteiger partial charge in [-0.05, 0) is 62.3 Å². The smallest absolute Gasteiger partial charge is 0.267 e. The van der Waals surface area contributed by atoms with E-state index in [1.54, 1.807) is 12.3 Å². The van der Waals surface area contributed by atoms with Gasteiger partial charge in [-0.3, -0.25) is 9.59 Å². The van der Waals surface area contributed by atoms with Crippen molar-refractivity contribution in [2.24, 2.45) is 5.92 Å². The molecule has 2 unspecified atom stereocenters. The SMILES string of the molecule is O=C(/C=C/c1ccc(NC2CCCN(C(=O)C3CCCCC3)C2)nc1)NOC1CCCCO1. The maximum Gasteiger partial charge on any atom is 0.267 e. The maximum absolute atomic E-state index is 12.9. The summed E-state index contributed by atoms with van der Waals surface area (Å²) in [6, 6.07) is 4.04. The van der Waals surface area contributed by atoms with Crippen LogP contribution >= 0.6 is 0 Å². The first kappa shape index (κ1) is 23.7. The van der Waals surface area contributed by atoms with Gasteiger partial charge in [0.2, 0.25) is 5.91 Å². The number of hydroxylamine groups is 1. The molecule has 1 aliphatic carbocycles. The van der Waals surface area contributed by atoms with Crippen LogP contribution in [0, 0.1) is 5.92 Å². The van der Waals surface area contributed by atoms with Gasteiger partial charge in [0.05, 0.1) is 0 Å². The van der Waals surface area contributed by atoms with Crippen molar-refractivity contribution in [3.05, 3.63) is 30.0 Å². The van der Waals surface area contributed by atoms with E-state index in [0.29, 0.717) is 12.5 Å². The number of nitrogens with one attached hydrogen (secondary N) is 2. The number of hydrogen-bond acceptors (Lipinski definition) is 6. The molecule has 8 heteroatoms. The average Bonchev–Trinajstić information content (AvgIpc) is 2.88. The molecule has 3 fully saturated rings. The minimum atomic E-state index is -0.364. The number of pyridine rings is 1. The van der Waals surface area contributed by atoms with E-state index in [9.17, 15) is 9.59 Å². The molecule has 2 N–H and O–H groups in total. The lowest BCUT2D eigenvalue weighted by Crippen LogP contribution is -2.47. The summed E-state index contributed by atoms with van der Waals surface area (Å²) in [7, 11) is 0. The first-order chi connectivity index (χ1) is 16.2. The summed E-state index contributed by atoms with van der Waals surface area (Å²) >= 11 is 0. The van der Waals surface area contributed by atoms with Crippen molar-refractivity contribution in [3.63, 3.8) is 0 Å². The van der Waals surface area contributed by atoms with Crippen LogP contribution in [-0.4, -0.2) is 53.7 Å². The monoisotopic (exact) mass is 456 g/mol. The summed E-state index contributed by atoms with van der Waals surface area (Å²) in [5.74, 6) is 1.01. The Morgan fingerprint density at radius 1 is 1.06 bits per heavy atom. The molecule has 2 aliphatic heterocycles. The average molecular weight is 457 g/mol. The van der Waals surface area contributed by atoms with E-state index in [4.69, 9.17) is 9.57 Å². The minimum Gasteiger partial charge on any atom is -0.366 e. The van der Waals surface area contributed by atoms with E-state index in [1.165, 1.54) is 25.3 Å². The number of carbonyl (C=O) groups excluding carboxylic acids is 2. The molecule has 0 radical (unpaired) electrons. The number of nitrogens with zero attached hydrogens (tertiary/aromatic N) is 2. The molecule has 3 heterocycles. The van der Waals surface area contributed by atoms with E-state index >= 15 is 0 Å². The first-order valence-electron chi connectivity index (χ1n) is 12.4. The van der Waals surface area contributed by atoms with Crippen molar-refractivity contribution in [2.45, 2.75) is 76.5 Å². The van der Waals surface area contributed by atoms with Crippen LogP contribution in [0.3, 0.4) is 0 Å². The van der Waals surface area contributed by atoms with Gasteiger partial charge in [0.1, 0.15) is 5.82 Å². The van der Waals surface area contributed by atoms with Crippen LogP contribution in [0.5, 0.6) is 0 Å². The molecule has 1 aromatic rings. The lowest BCUT2D eigenvalue weighted by Gasteiger charge is -2.36. The fraction of sp³-hybridized carbons (Fsp3) is 0.640. The van der Waals surface area contributed by atoms with Crippen LogP contribution in [0.2, 0.25) is 0 Å². The summed E-state index contributed by atoms with van der Waals surface area (Å²) in [6.07, 6.45) is 15.1. The Morgan fingerprint density at radius 2 is 1.91 bits per heavy atom. The fourth-order valence-corrected chi connectivity index (χ4v) is 4.84. The molecule has 1 aromatic heterocycles. The number of ether oxygens (including phenoxy) is 1. The predicted octanol–water partition coefficient (Wildman–Crippen LogP) is 3.65. The number of carbonyl (C=O) groups is 2. The molecule has 180 valence electrons. The van der Waals surface area contributed by atoms with Crippen molar-refractivity contribution in [1.29, 1.82) is 0 Å². The van der Waals surface area contributed by atoms with Gasteiger partial charge in [-0.1, -0.05) is 19.3 Å². The van der Waals surface area contributed by atoms with Gasteiger partial charge in [-0.15, -0.1) is 0 Å². The zero-order valence-corrected chi connectivity index (χ0v) is 19.3. The molecule has 2 saturated heterocycles. The van der Waals surface area contributed by atoms with Crippen LogP contribution in [-0.2, 0) is 19.2 Å². The van der Waals surface area contributed by atoms with Gasteiger partial charge in [0.25, 0.3) is 5.91 Å². The molecule has 1 saturated carbocycles. The summed E-state index contributed by atoms with van der Waals surface area (Å²) < 4.78 is 5.42. The van der Waals surface area contributed by atoms with E-state index in [-0.39, 0.29) is 24.2 Å². The highest BCUT2D eigenvalue weighted by Gasteiger charge is 2.29. The number of rotatable bonds is 7. The van der Waals surface area contributed by atoms with Gasteiger partial charge < -0.3 is 15.0 Å². The molecular formula is C25H36N4O4. The quantitative estimate of drug-likeness (QED) is 0.481. The number of piperidine rings is 1. The van der Waals surface area contributed by atoms with Crippen LogP contribution < -0.4 is 10.8 Å². The van der Waals surface area contributed by atoms with Crippen molar-refractivity contribution in [3.8, 4) is 0 Å². The number of hydrogen-bond donors (Lipinski definition) is 2. The van der Waals surface area contributed by atoms with Crippen LogP contribution in [0.4, 0.5) is 5.82 Å². The third-order valence-electron chi connectivity index (χ3n) is 6.68. The highest BCUT2D eigenvalue weighted by Crippen LogP contribution is 2.27. The standard InChI is InChI=1S/C25H36N4O4/c30-23(28-33-24-10-4-5-16-32-24)14-12-19-11-13-22(26-17-19)27-21-9-6-15-29(18-21)25(31)20-7-2-1-3-8-20/h11-14,17,20-21,24H,1-10,15-16,18H2,(H,26,27)(H,28,30)/b14-12+. The van der Waals surface area contributed by atoms with Crippen LogP contribution in [0.15, 0.2) is 24.4 Å². The van der Waals surface area contributed by atoms with Gasteiger partial charge in [-0.25, -0.2) is 15.3 Å². The van der Waals surface area contributed by atoms with Gasteiger partial charge in [0.15, 0.2) is 6.29 Å². The number of aromatic nitrogens is 1. The molecule has 4 rings (SSSR count). The highest BCUT2D eigenvalue weighted by molar-refractivity contribution is 5.90. The van der Waals surface area contributed by atoms with Gasteiger partial charge in [0, 0.05) is 50.3 Å². The molecule has 8 nitrogen and oxygen atoms in total. The Morgan fingerprint density at radius 3 is 2.67 bits per heavy atom. The van der Waals surface area contributed by atoms with Crippen molar-refractivity contribution >= 4 is 23.7 Å². The molecular weight excluding hydrogens is 420 g/mol. The molecule has 3 aliphatic rings. The van der Waals surface area contributed by atoms with E-state index < -0.39 is 0 Å². The van der Waals surface area contributed by atoms with Crippen molar-refractivity contribution < 1.29 is 19.2 Å². The third-order valence-corrected chi connectivity index (χ3v) is 6.68. The van der Waals surface area contributed by atoms with Crippen molar-refractivity contribution in [1.82, 2.24) is 15.4 Å². The van der Waals surface area contributed by atoms with E-state index in [1.807, 2.05) is 17.0 Å². The predicted molar refractivity (Wildman–Crippen MR) is 126 cm³/mol.